The second-order valence-electron chi connectivity index (χ2n) is 7.82. The third-order valence-corrected chi connectivity index (χ3v) is 7.02. The Hall–Kier alpha value is -1.57. The molecule has 0 amide bonds. The van der Waals surface area contributed by atoms with Crippen molar-refractivity contribution in [2.45, 2.75) is 50.9 Å². The highest BCUT2D eigenvalue weighted by atomic mass is 16.5. The van der Waals surface area contributed by atoms with Crippen molar-refractivity contribution in [2.24, 2.45) is 23.7 Å². The van der Waals surface area contributed by atoms with E-state index in [9.17, 15) is 4.79 Å². The zero-order valence-corrected chi connectivity index (χ0v) is 14.0. The van der Waals surface area contributed by atoms with Crippen LogP contribution in [0.1, 0.15) is 61.4 Å². The van der Waals surface area contributed by atoms with Crippen LogP contribution in [0.3, 0.4) is 0 Å². The van der Waals surface area contributed by atoms with Gasteiger partial charge in [0.2, 0.25) is 0 Å². The van der Waals surface area contributed by atoms with Crippen molar-refractivity contribution in [3.05, 3.63) is 48.2 Å². The summed E-state index contributed by atoms with van der Waals surface area (Å²) in [5, 5.41) is 0. The molecule has 0 unspecified atom stereocenters. The van der Waals surface area contributed by atoms with E-state index in [1.165, 1.54) is 43.9 Å². The van der Waals surface area contributed by atoms with Crippen molar-refractivity contribution in [3.63, 3.8) is 0 Å². The summed E-state index contributed by atoms with van der Waals surface area (Å²) in [6.07, 6.45) is 9.23. The van der Waals surface area contributed by atoms with Gasteiger partial charge in [0, 0.05) is 5.41 Å². The fourth-order valence-electron chi connectivity index (χ4n) is 6.44. The topological polar surface area (TPSA) is 26.3 Å². The summed E-state index contributed by atoms with van der Waals surface area (Å²) >= 11 is 0. The first kappa shape index (κ1) is 15.0. The minimum atomic E-state index is -0.253. The lowest BCUT2D eigenvalue weighted by molar-refractivity contribution is -0.0632. The van der Waals surface area contributed by atoms with Gasteiger partial charge in [0.25, 0.3) is 0 Å². The number of rotatable bonds is 4. The molecular formula is C21H26O2. The van der Waals surface area contributed by atoms with E-state index in [1.54, 1.807) is 0 Å². The molecule has 4 bridgehead atoms. The molecule has 1 aromatic rings. The third-order valence-electron chi connectivity index (χ3n) is 7.02. The van der Waals surface area contributed by atoms with Gasteiger partial charge in [-0.1, -0.05) is 31.7 Å². The summed E-state index contributed by atoms with van der Waals surface area (Å²) < 4.78 is 5.13. The lowest BCUT2D eigenvalue weighted by Crippen LogP contribution is -2.55. The molecular weight excluding hydrogens is 284 g/mol. The molecule has 4 aliphatic rings. The second-order valence-corrected chi connectivity index (χ2v) is 7.82. The number of ether oxygens (including phenoxy) is 1. The average molecular weight is 310 g/mol. The molecule has 4 aliphatic carbocycles. The van der Waals surface area contributed by atoms with E-state index in [1.807, 2.05) is 12.1 Å². The van der Waals surface area contributed by atoms with Gasteiger partial charge in [-0.3, -0.25) is 0 Å². The molecule has 122 valence electrons. The quantitative estimate of drug-likeness (QED) is 0.572. The van der Waals surface area contributed by atoms with Gasteiger partial charge in [-0.15, -0.1) is 0 Å². The van der Waals surface area contributed by atoms with Crippen LogP contribution in [0.4, 0.5) is 0 Å². The Labute approximate surface area is 138 Å². The molecule has 2 nitrogen and oxygen atoms in total. The number of carbonyl (C=O) groups excluding carboxylic acids is 1. The lowest BCUT2D eigenvalue weighted by atomic mass is 9.43. The van der Waals surface area contributed by atoms with Gasteiger partial charge in [-0.25, -0.2) is 4.79 Å². The van der Waals surface area contributed by atoms with Crippen LogP contribution in [-0.4, -0.2) is 5.97 Å². The van der Waals surface area contributed by atoms with Crippen LogP contribution < -0.4 is 0 Å². The van der Waals surface area contributed by atoms with E-state index >= 15 is 0 Å². The maximum absolute atomic E-state index is 12.5. The fourth-order valence-corrected chi connectivity index (χ4v) is 6.44. The molecule has 0 radical (unpaired) electrons. The Morgan fingerprint density at radius 3 is 2.35 bits per heavy atom. The average Bonchev–Trinajstić information content (AvgIpc) is 2.55. The summed E-state index contributed by atoms with van der Waals surface area (Å²) in [6, 6.07) is 8.15. The summed E-state index contributed by atoms with van der Waals surface area (Å²) in [4.78, 5) is 12.5. The predicted octanol–water partition coefficient (Wildman–Crippen LogP) is 5.09. The highest BCUT2D eigenvalue weighted by molar-refractivity contribution is 5.92. The number of esters is 1. The Morgan fingerprint density at radius 2 is 1.78 bits per heavy atom. The molecule has 0 aliphatic heterocycles. The molecule has 5 rings (SSSR count). The van der Waals surface area contributed by atoms with E-state index in [0.29, 0.717) is 0 Å². The van der Waals surface area contributed by atoms with Gasteiger partial charge in [-0.2, -0.15) is 0 Å². The number of carbonyl (C=O) groups is 1. The number of hydrogen-bond acceptors (Lipinski definition) is 2. The summed E-state index contributed by atoms with van der Waals surface area (Å²) in [5.74, 6) is 3.09. The van der Waals surface area contributed by atoms with Crippen LogP contribution in [0.5, 0.6) is 0 Å². The van der Waals surface area contributed by atoms with E-state index < -0.39 is 0 Å². The summed E-state index contributed by atoms with van der Waals surface area (Å²) in [5.41, 5.74) is 2.16. The molecule has 0 N–H and O–H groups in total. The van der Waals surface area contributed by atoms with Gasteiger partial charge in [0.1, 0.15) is 0 Å². The maximum Gasteiger partial charge on any atom is 0.343 e. The largest absolute Gasteiger partial charge is 0.432 e. The lowest BCUT2D eigenvalue weighted by Gasteiger charge is -2.62. The predicted molar refractivity (Wildman–Crippen MR) is 91.1 cm³/mol. The molecule has 0 heterocycles. The van der Waals surface area contributed by atoms with Crippen molar-refractivity contribution < 1.29 is 9.53 Å². The first-order valence-corrected chi connectivity index (χ1v) is 9.10. The van der Waals surface area contributed by atoms with Gasteiger partial charge >= 0.3 is 5.97 Å². The Bertz CT molecular complexity index is 602. The first-order chi connectivity index (χ1) is 11.2. The normalized spacial score (nSPS) is 37.6. The van der Waals surface area contributed by atoms with Crippen LogP contribution >= 0.6 is 0 Å². The Morgan fingerprint density at radius 1 is 1.17 bits per heavy atom. The molecule has 2 heteroatoms. The SMILES string of the molecule is C=COC(=O)c1ccccc1C1(CC)C2CC3CC(C2)CC1C3. The Kier molecular flexibility index (Phi) is 3.59. The molecule has 23 heavy (non-hydrogen) atoms. The van der Waals surface area contributed by atoms with Gasteiger partial charge in [0.05, 0.1) is 11.8 Å². The molecule has 4 saturated carbocycles. The van der Waals surface area contributed by atoms with Crippen molar-refractivity contribution in [3.8, 4) is 0 Å². The van der Waals surface area contributed by atoms with Crippen LogP contribution in [0.25, 0.3) is 0 Å². The standard InChI is InChI=1S/C21H26O2/c1-3-21(16-10-14-9-15(12-16)13-17(21)11-14)19-8-6-5-7-18(19)20(22)23-4-2/h4-8,14-17H,2-3,9-13H2,1H3. The monoisotopic (exact) mass is 310 g/mol. The summed E-state index contributed by atoms with van der Waals surface area (Å²) in [7, 11) is 0. The van der Waals surface area contributed by atoms with Gasteiger partial charge in [0.15, 0.2) is 0 Å². The summed E-state index contributed by atoms with van der Waals surface area (Å²) in [6.45, 7) is 5.85. The second kappa shape index (κ2) is 5.51. The smallest absolute Gasteiger partial charge is 0.343 e. The van der Waals surface area contributed by atoms with Crippen molar-refractivity contribution in [1.82, 2.24) is 0 Å². The van der Waals surface area contributed by atoms with Crippen molar-refractivity contribution in [2.75, 3.05) is 0 Å². The minimum absolute atomic E-state index is 0.171. The van der Waals surface area contributed by atoms with Crippen molar-refractivity contribution in [1.29, 1.82) is 0 Å². The molecule has 0 spiro atoms. The van der Waals surface area contributed by atoms with Gasteiger partial charge < -0.3 is 4.74 Å². The van der Waals surface area contributed by atoms with Gasteiger partial charge in [-0.05, 0) is 73.8 Å². The first-order valence-electron chi connectivity index (χ1n) is 9.10. The van der Waals surface area contributed by atoms with Crippen molar-refractivity contribution >= 4 is 5.97 Å². The number of hydrogen-bond donors (Lipinski definition) is 0. The molecule has 4 fully saturated rings. The van der Waals surface area contributed by atoms with E-state index in [4.69, 9.17) is 4.74 Å². The van der Waals surface area contributed by atoms with Crippen LogP contribution in [0.2, 0.25) is 0 Å². The van der Waals surface area contributed by atoms with Crippen LogP contribution in [-0.2, 0) is 10.2 Å². The number of benzene rings is 1. The van der Waals surface area contributed by atoms with E-state index in [2.05, 4.69) is 25.6 Å². The Balaban J connectivity index is 1.82. The van der Waals surface area contributed by atoms with E-state index in [-0.39, 0.29) is 11.4 Å². The van der Waals surface area contributed by atoms with Crippen LogP contribution in [0.15, 0.2) is 37.1 Å². The zero-order valence-electron chi connectivity index (χ0n) is 14.0. The highest BCUT2D eigenvalue weighted by Crippen LogP contribution is 2.64. The minimum Gasteiger partial charge on any atom is -0.432 e. The highest BCUT2D eigenvalue weighted by Gasteiger charge is 2.57. The molecule has 0 atom stereocenters. The molecule has 0 aromatic heterocycles. The maximum atomic E-state index is 12.5. The van der Waals surface area contributed by atoms with Crippen LogP contribution in [0, 0.1) is 23.7 Å². The third kappa shape index (κ3) is 2.10. The van der Waals surface area contributed by atoms with E-state index in [0.717, 1.165) is 35.7 Å². The molecule has 1 aromatic carbocycles. The zero-order chi connectivity index (χ0) is 16.0. The fraction of sp³-hybridized carbons (Fsp3) is 0.571. The molecule has 0 saturated heterocycles.